The van der Waals surface area contributed by atoms with Gasteiger partial charge in [-0.3, -0.25) is 0 Å². The third kappa shape index (κ3) is 2.53. The zero-order valence-corrected chi connectivity index (χ0v) is 10.3. The Hall–Kier alpha value is -1.67. The van der Waals surface area contributed by atoms with E-state index < -0.39 is 5.54 Å². The molecule has 2 heterocycles. The smallest absolute Gasteiger partial charge is 0.235 e. The number of aromatic nitrogens is 1. The highest BCUT2D eigenvalue weighted by Crippen LogP contribution is 2.25. The summed E-state index contributed by atoms with van der Waals surface area (Å²) in [6.07, 6.45) is 5.89. The van der Waals surface area contributed by atoms with Crippen molar-refractivity contribution in [3.63, 3.8) is 0 Å². The van der Waals surface area contributed by atoms with Gasteiger partial charge in [0.1, 0.15) is 5.82 Å². The fourth-order valence-corrected chi connectivity index (χ4v) is 2.06. The van der Waals surface area contributed by atoms with Crippen LogP contribution in [0.25, 0.3) is 0 Å². The fraction of sp³-hybridized carbons (Fsp3) is 0.538. The van der Waals surface area contributed by atoms with Crippen LogP contribution in [0.4, 0.5) is 5.82 Å². The Morgan fingerprint density at radius 3 is 2.59 bits per heavy atom. The molecule has 0 spiro atoms. The molecule has 90 valence electrons. The van der Waals surface area contributed by atoms with Gasteiger partial charge in [0, 0.05) is 19.3 Å². The fourth-order valence-electron chi connectivity index (χ4n) is 2.06. The van der Waals surface area contributed by atoms with E-state index in [9.17, 15) is 4.79 Å². The molecule has 4 nitrogen and oxygen atoms in total. The van der Waals surface area contributed by atoms with Gasteiger partial charge in [-0.2, -0.15) is 4.99 Å². The van der Waals surface area contributed by atoms with Crippen LogP contribution in [0.3, 0.4) is 0 Å². The van der Waals surface area contributed by atoms with E-state index in [1.165, 1.54) is 12.8 Å². The van der Waals surface area contributed by atoms with Gasteiger partial charge < -0.3 is 4.90 Å². The van der Waals surface area contributed by atoms with Crippen LogP contribution < -0.4 is 4.90 Å². The van der Waals surface area contributed by atoms with Crippen molar-refractivity contribution in [2.75, 3.05) is 18.0 Å². The molecule has 1 aliphatic rings. The molecule has 0 amide bonds. The third-order valence-corrected chi connectivity index (χ3v) is 3.21. The summed E-state index contributed by atoms with van der Waals surface area (Å²) < 4.78 is 0. The molecule has 0 atom stereocenters. The molecule has 0 radical (unpaired) electrons. The Balaban J connectivity index is 2.20. The number of aliphatic imine (C=N–C) groups is 1. The second kappa shape index (κ2) is 4.68. The Kier molecular flexibility index (Phi) is 3.25. The first kappa shape index (κ1) is 11.8. The molecule has 0 aliphatic carbocycles. The van der Waals surface area contributed by atoms with E-state index in [1.54, 1.807) is 12.3 Å². The van der Waals surface area contributed by atoms with Crippen molar-refractivity contribution in [2.24, 2.45) is 4.99 Å². The van der Waals surface area contributed by atoms with Crippen molar-refractivity contribution in [3.05, 3.63) is 23.9 Å². The zero-order valence-electron chi connectivity index (χ0n) is 10.3. The van der Waals surface area contributed by atoms with Crippen molar-refractivity contribution in [1.82, 2.24) is 4.98 Å². The molecular weight excluding hydrogens is 214 g/mol. The normalized spacial score (nSPS) is 15.8. The third-order valence-electron chi connectivity index (χ3n) is 3.21. The Labute approximate surface area is 101 Å². The average Bonchev–Trinajstić information content (AvgIpc) is 2.82. The number of hydrogen-bond donors (Lipinski definition) is 0. The van der Waals surface area contributed by atoms with E-state index in [0.29, 0.717) is 0 Å². The van der Waals surface area contributed by atoms with Gasteiger partial charge in [-0.25, -0.2) is 9.78 Å². The molecule has 0 N–H and O–H groups in total. The second-order valence-electron chi connectivity index (χ2n) is 4.86. The molecule has 2 rings (SSSR count). The molecule has 1 aromatic rings. The summed E-state index contributed by atoms with van der Waals surface area (Å²) in [7, 11) is 0. The van der Waals surface area contributed by atoms with Crippen LogP contribution in [0.2, 0.25) is 0 Å². The molecule has 0 bridgehead atoms. The maximum atomic E-state index is 10.3. The Morgan fingerprint density at radius 1 is 1.35 bits per heavy atom. The van der Waals surface area contributed by atoms with Gasteiger partial charge in [-0.05, 0) is 38.3 Å². The van der Waals surface area contributed by atoms with E-state index in [2.05, 4.69) is 14.9 Å². The highest BCUT2D eigenvalue weighted by molar-refractivity contribution is 5.42. The summed E-state index contributed by atoms with van der Waals surface area (Å²) >= 11 is 0. The summed E-state index contributed by atoms with van der Waals surface area (Å²) in [5.74, 6) is 1.01. The molecule has 17 heavy (non-hydrogen) atoms. The number of pyridine rings is 1. The number of isocyanates is 1. The van der Waals surface area contributed by atoms with E-state index in [-0.39, 0.29) is 0 Å². The van der Waals surface area contributed by atoms with Gasteiger partial charge in [0.2, 0.25) is 6.08 Å². The molecular formula is C13H17N3O. The van der Waals surface area contributed by atoms with Gasteiger partial charge in [-0.1, -0.05) is 6.07 Å². The predicted molar refractivity (Wildman–Crippen MR) is 66.8 cm³/mol. The number of nitrogens with zero attached hydrogens (tertiary/aromatic N) is 3. The van der Waals surface area contributed by atoms with Crippen LogP contribution in [-0.2, 0) is 10.3 Å². The lowest BCUT2D eigenvalue weighted by molar-refractivity contribution is 0.521. The highest BCUT2D eigenvalue weighted by atomic mass is 16.1. The lowest BCUT2D eigenvalue weighted by Crippen LogP contribution is -2.20. The van der Waals surface area contributed by atoms with Gasteiger partial charge in [0.25, 0.3) is 0 Å². The summed E-state index contributed by atoms with van der Waals surface area (Å²) in [5, 5.41) is 0. The summed E-state index contributed by atoms with van der Waals surface area (Å²) in [4.78, 5) is 20.9. The monoisotopic (exact) mass is 231 g/mol. The van der Waals surface area contributed by atoms with Crippen LogP contribution >= 0.6 is 0 Å². The van der Waals surface area contributed by atoms with E-state index in [0.717, 1.165) is 24.5 Å². The second-order valence-corrected chi connectivity index (χ2v) is 4.86. The van der Waals surface area contributed by atoms with E-state index in [4.69, 9.17) is 0 Å². The highest BCUT2D eigenvalue weighted by Gasteiger charge is 2.20. The van der Waals surface area contributed by atoms with Crippen molar-refractivity contribution >= 4 is 11.9 Å². The largest absolute Gasteiger partial charge is 0.357 e. The van der Waals surface area contributed by atoms with Crippen molar-refractivity contribution in [3.8, 4) is 0 Å². The molecule has 1 saturated heterocycles. The minimum atomic E-state index is -0.543. The molecule has 0 unspecified atom stereocenters. The quantitative estimate of drug-likeness (QED) is 0.592. The van der Waals surface area contributed by atoms with Crippen LogP contribution in [0.5, 0.6) is 0 Å². The van der Waals surface area contributed by atoms with Crippen LogP contribution in [0, 0.1) is 0 Å². The van der Waals surface area contributed by atoms with Gasteiger partial charge in [0.05, 0.1) is 5.54 Å². The number of anilines is 1. The zero-order chi connectivity index (χ0) is 12.3. The van der Waals surface area contributed by atoms with Crippen LogP contribution in [-0.4, -0.2) is 24.2 Å². The first-order chi connectivity index (χ1) is 8.13. The average molecular weight is 231 g/mol. The molecule has 0 aromatic carbocycles. The first-order valence-electron chi connectivity index (χ1n) is 5.94. The maximum absolute atomic E-state index is 10.3. The predicted octanol–water partition coefficient (Wildman–Crippen LogP) is 2.25. The molecule has 1 aromatic heterocycles. The molecule has 1 aliphatic heterocycles. The number of carbonyl (C=O) groups excluding carboxylic acids is 1. The van der Waals surface area contributed by atoms with E-state index >= 15 is 0 Å². The Bertz CT molecular complexity index is 426. The minimum Gasteiger partial charge on any atom is -0.357 e. The topological polar surface area (TPSA) is 45.6 Å². The molecule has 4 heteroatoms. The van der Waals surface area contributed by atoms with Crippen molar-refractivity contribution in [2.45, 2.75) is 32.2 Å². The lowest BCUT2D eigenvalue weighted by Gasteiger charge is -2.20. The van der Waals surface area contributed by atoms with E-state index in [1.807, 2.05) is 26.0 Å². The summed E-state index contributed by atoms with van der Waals surface area (Å²) in [6.45, 7) is 5.93. The minimum absolute atomic E-state index is 0.543. The standard InChI is InChI=1S/C13H17N3O/c1-13(2,15-10-17)11-5-6-12(14-9-11)16-7-3-4-8-16/h5-6,9H,3-4,7-8H2,1-2H3. The number of rotatable bonds is 3. The SMILES string of the molecule is CC(C)(N=C=O)c1ccc(N2CCCC2)nc1. The van der Waals surface area contributed by atoms with Crippen LogP contribution in [0.15, 0.2) is 23.3 Å². The summed E-state index contributed by atoms with van der Waals surface area (Å²) in [6, 6.07) is 3.99. The number of hydrogen-bond acceptors (Lipinski definition) is 4. The Morgan fingerprint density at radius 2 is 2.06 bits per heavy atom. The molecule has 1 fully saturated rings. The lowest BCUT2D eigenvalue weighted by atomic mass is 9.97. The van der Waals surface area contributed by atoms with Crippen LogP contribution in [0.1, 0.15) is 32.3 Å². The van der Waals surface area contributed by atoms with Gasteiger partial charge >= 0.3 is 0 Å². The van der Waals surface area contributed by atoms with Gasteiger partial charge in [-0.15, -0.1) is 0 Å². The summed E-state index contributed by atoms with van der Waals surface area (Å²) in [5.41, 5.74) is 0.391. The first-order valence-corrected chi connectivity index (χ1v) is 5.94. The molecule has 0 saturated carbocycles. The van der Waals surface area contributed by atoms with Crippen molar-refractivity contribution in [1.29, 1.82) is 0 Å². The maximum Gasteiger partial charge on any atom is 0.235 e. The van der Waals surface area contributed by atoms with Gasteiger partial charge in [0.15, 0.2) is 0 Å². The van der Waals surface area contributed by atoms with Crippen molar-refractivity contribution < 1.29 is 4.79 Å².